The second-order valence-electron chi connectivity index (χ2n) is 4.65. The van der Waals surface area contributed by atoms with Gasteiger partial charge in [0.2, 0.25) is 0 Å². The number of hydrogen-bond acceptors (Lipinski definition) is 2. The van der Waals surface area contributed by atoms with Crippen molar-refractivity contribution in [3.63, 3.8) is 0 Å². The first kappa shape index (κ1) is 12.3. The molecule has 0 radical (unpaired) electrons. The van der Waals surface area contributed by atoms with Gasteiger partial charge in [0.05, 0.1) is 11.0 Å². The van der Waals surface area contributed by atoms with Crippen molar-refractivity contribution in [2.75, 3.05) is 5.75 Å². The van der Waals surface area contributed by atoms with Crippen molar-refractivity contribution < 1.29 is 0 Å². The fraction of sp³-hybridized carbons (Fsp3) is 0.188. The lowest BCUT2D eigenvalue weighted by molar-refractivity contribution is 1.07. The third-order valence-electron chi connectivity index (χ3n) is 3.09. The Hall–Kier alpha value is -1.74. The molecule has 19 heavy (non-hydrogen) atoms. The summed E-state index contributed by atoms with van der Waals surface area (Å²) in [5, 5.41) is 1.01. The number of rotatable bonds is 4. The monoisotopic (exact) mass is 268 g/mol. The Kier molecular flexibility index (Phi) is 3.56. The van der Waals surface area contributed by atoms with Crippen LogP contribution in [0.1, 0.15) is 11.1 Å². The van der Waals surface area contributed by atoms with Crippen LogP contribution in [0, 0.1) is 6.92 Å². The molecule has 3 aromatic rings. The van der Waals surface area contributed by atoms with Crippen LogP contribution >= 0.6 is 11.8 Å². The number of aryl methyl sites for hydroxylation is 2. The average Bonchev–Trinajstić information content (AvgIpc) is 2.82. The van der Waals surface area contributed by atoms with E-state index < -0.39 is 0 Å². The molecule has 0 bridgehead atoms. The maximum Gasteiger partial charge on any atom is 0.166 e. The summed E-state index contributed by atoms with van der Waals surface area (Å²) in [5.74, 6) is 1.04. The van der Waals surface area contributed by atoms with Gasteiger partial charge in [0.15, 0.2) is 5.16 Å². The number of aromatic amines is 1. The lowest BCUT2D eigenvalue weighted by Gasteiger charge is -1.98. The van der Waals surface area contributed by atoms with Gasteiger partial charge < -0.3 is 4.98 Å². The van der Waals surface area contributed by atoms with Crippen LogP contribution < -0.4 is 0 Å². The molecule has 3 heteroatoms. The first-order valence-corrected chi connectivity index (χ1v) is 7.43. The first-order valence-electron chi connectivity index (χ1n) is 6.44. The Morgan fingerprint density at radius 3 is 2.79 bits per heavy atom. The van der Waals surface area contributed by atoms with Crippen molar-refractivity contribution in [3.05, 3.63) is 59.7 Å². The van der Waals surface area contributed by atoms with Crippen molar-refractivity contribution in [1.82, 2.24) is 9.97 Å². The number of benzene rings is 2. The maximum absolute atomic E-state index is 4.59. The molecule has 3 rings (SSSR count). The maximum atomic E-state index is 4.59. The highest BCUT2D eigenvalue weighted by molar-refractivity contribution is 7.99. The van der Waals surface area contributed by atoms with E-state index in [1.54, 1.807) is 11.8 Å². The second-order valence-corrected chi connectivity index (χ2v) is 5.73. The number of nitrogens with one attached hydrogen (secondary N) is 1. The van der Waals surface area contributed by atoms with E-state index in [1.807, 2.05) is 0 Å². The van der Waals surface area contributed by atoms with Gasteiger partial charge in [-0.25, -0.2) is 4.98 Å². The van der Waals surface area contributed by atoms with Crippen LogP contribution in [-0.4, -0.2) is 15.7 Å². The zero-order valence-electron chi connectivity index (χ0n) is 10.9. The van der Waals surface area contributed by atoms with Crippen LogP contribution in [0.25, 0.3) is 11.0 Å². The molecule has 1 heterocycles. The van der Waals surface area contributed by atoms with E-state index in [0.717, 1.165) is 28.4 Å². The molecule has 0 amide bonds. The van der Waals surface area contributed by atoms with Crippen molar-refractivity contribution in [3.8, 4) is 0 Å². The van der Waals surface area contributed by atoms with Crippen LogP contribution in [-0.2, 0) is 6.42 Å². The fourth-order valence-electron chi connectivity index (χ4n) is 2.08. The SMILES string of the molecule is Cc1ccc2nc(SCCc3ccccc3)[nH]c2c1. The summed E-state index contributed by atoms with van der Waals surface area (Å²) in [5.41, 5.74) is 4.81. The topological polar surface area (TPSA) is 28.7 Å². The largest absolute Gasteiger partial charge is 0.333 e. The van der Waals surface area contributed by atoms with Crippen molar-refractivity contribution in [2.45, 2.75) is 18.5 Å². The summed E-state index contributed by atoms with van der Waals surface area (Å²) >= 11 is 1.78. The lowest BCUT2D eigenvalue weighted by atomic mass is 10.2. The standard InChI is InChI=1S/C16H16N2S/c1-12-7-8-14-15(11-12)18-16(17-14)19-10-9-13-5-3-2-4-6-13/h2-8,11H,9-10H2,1H3,(H,17,18). The Bertz CT molecular complexity index is 674. The molecule has 0 spiro atoms. The lowest BCUT2D eigenvalue weighted by Crippen LogP contribution is -1.88. The number of thioether (sulfide) groups is 1. The molecule has 0 unspecified atom stereocenters. The van der Waals surface area contributed by atoms with Gasteiger partial charge in [-0.15, -0.1) is 0 Å². The molecular weight excluding hydrogens is 252 g/mol. The molecule has 0 aliphatic heterocycles. The number of aromatic nitrogens is 2. The molecule has 2 aromatic carbocycles. The summed E-state index contributed by atoms with van der Waals surface area (Å²) in [6, 6.07) is 16.9. The van der Waals surface area contributed by atoms with E-state index in [2.05, 4.69) is 65.4 Å². The Morgan fingerprint density at radius 1 is 1.11 bits per heavy atom. The number of imidazole rings is 1. The summed E-state index contributed by atoms with van der Waals surface area (Å²) < 4.78 is 0. The molecular formula is C16H16N2S. The van der Waals surface area contributed by atoms with Gasteiger partial charge in [0.25, 0.3) is 0 Å². The second kappa shape index (κ2) is 5.49. The van der Waals surface area contributed by atoms with Gasteiger partial charge >= 0.3 is 0 Å². The molecule has 0 aliphatic carbocycles. The molecule has 0 fully saturated rings. The number of H-pyrrole nitrogens is 1. The number of hydrogen-bond donors (Lipinski definition) is 1. The van der Waals surface area contributed by atoms with Crippen molar-refractivity contribution >= 4 is 22.8 Å². The average molecular weight is 268 g/mol. The Balaban J connectivity index is 1.65. The van der Waals surface area contributed by atoms with Crippen LogP contribution in [0.5, 0.6) is 0 Å². The number of nitrogens with zero attached hydrogens (tertiary/aromatic N) is 1. The van der Waals surface area contributed by atoms with E-state index in [0.29, 0.717) is 0 Å². The summed E-state index contributed by atoms with van der Waals surface area (Å²) in [7, 11) is 0. The highest BCUT2D eigenvalue weighted by Gasteiger charge is 2.03. The van der Waals surface area contributed by atoms with E-state index in [-0.39, 0.29) is 0 Å². The van der Waals surface area contributed by atoms with Crippen molar-refractivity contribution in [2.24, 2.45) is 0 Å². The predicted octanol–water partition coefficient (Wildman–Crippen LogP) is 4.21. The minimum Gasteiger partial charge on any atom is -0.333 e. The third kappa shape index (κ3) is 2.99. The van der Waals surface area contributed by atoms with Gasteiger partial charge in [-0.2, -0.15) is 0 Å². The van der Waals surface area contributed by atoms with Crippen LogP contribution in [0.15, 0.2) is 53.7 Å². The van der Waals surface area contributed by atoms with Crippen LogP contribution in [0.4, 0.5) is 0 Å². The summed E-state index contributed by atoms with van der Waals surface area (Å²) in [6.07, 6.45) is 1.07. The van der Waals surface area contributed by atoms with Crippen molar-refractivity contribution in [1.29, 1.82) is 0 Å². The molecule has 0 aliphatic rings. The van der Waals surface area contributed by atoms with Crippen LogP contribution in [0.3, 0.4) is 0 Å². The molecule has 1 aromatic heterocycles. The van der Waals surface area contributed by atoms with Gasteiger partial charge in [-0.05, 0) is 36.6 Å². The molecule has 96 valence electrons. The van der Waals surface area contributed by atoms with Gasteiger partial charge in [0, 0.05) is 5.75 Å². The van der Waals surface area contributed by atoms with E-state index in [9.17, 15) is 0 Å². The quantitative estimate of drug-likeness (QED) is 0.718. The van der Waals surface area contributed by atoms with Crippen LogP contribution in [0.2, 0.25) is 0 Å². The Labute approximate surface area is 117 Å². The van der Waals surface area contributed by atoms with E-state index in [1.165, 1.54) is 11.1 Å². The molecule has 1 N–H and O–H groups in total. The number of fused-ring (bicyclic) bond motifs is 1. The van der Waals surface area contributed by atoms with Gasteiger partial charge in [0.1, 0.15) is 0 Å². The zero-order valence-corrected chi connectivity index (χ0v) is 11.7. The molecule has 2 nitrogen and oxygen atoms in total. The fourth-order valence-corrected chi connectivity index (χ4v) is 2.95. The predicted molar refractivity (Wildman–Crippen MR) is 81.7 cm³/mol. The van der Waals surface area contributed by atoms with Gasteiger partial charge in [-0.3, -0.25) is 0 Å². The summed E-state index contributed by atoms with van der Waals surface area (Å²) in [6.45, 7) is 2.10. The highest BCUT2D eigenvalue weighted by Crippen LogP contribution is 2.21. The molecule has 0 saturated heterocycles. The van der Waals surface area contributed by atoms with Gasteiger partial charge in [-0.1, -0.05) is 48.2 Å². The third-order valence-corrected chi connectivity index (χ3v) is 3.96. The molecule has 0 saturated carbocycles. The smallest absolute Gasteiger partial charge is 0.166 e. The first-order chi connectivity index (χ1) is 9.31. The highest BCUT2D eigenvalue weighted by atomic mass is 32.2. The normalized spacial score (nSPS) is 11.0. The Morgan fingerprint density at radius 2 is 1.95 bits per heavy atom. The van der Waals surface area contributed by atoms with E-state index >= 15 is 0 Å². The van der Waals surface area contributed by atoms with E-state index in [4.69, 9.17) is 0 Å². The molecule has 0 atom stereocenters. The zero-order chi connectivity index (χ0) is 13.1. The minimum atomic E-state index is 1.01. The summed E-state index contributed by atoms with van der Waals surface area (Å²) in [4.78, 5) is 7.97. The minimum absolute atomic E-state index is 1.01.